The van der Waals surface area contributed by atoms with Gasteiger partial charge in [-0.05, 0) is 13.8 Å². The van der Waals surface area contributed by atoms with Crippen molar-refractivity contribution in [3.8, 4) is 0 Å². The number of rotatable bonds is 4. The zero-order valence-corrected chi connectivity index (χ0v) is 12.2. The summed E-state index contributed by atoms with van der Waals surface area (Å²) < 4.78 is 31.4. The Bertz CT molecular complexity index is 558. The van der Waals surface area contributed by atoms with E-state index < -0.39 is 22.4 Å². The molecule has 106 valence electrons. The lowest BCUT2D eigenvalue weighted by atomic mass is 10.5. The highest BCUT2D eigenvalue weighted by molar-refractivity contribution is 7.91. The predicted molar refractivity (Wildman–Crippen MR) is 69.3 cm³/mol. The summed E-state index contributed by atoms with van der Waals surface area (Å²) >= 11 is 11.3. The molecule has 0 fully saturated rings. The van der Waals surface area contributed by atoms with Gasteiger partial charge in [0.1, 0.15) is 12.0 Å². The topological polar surface area (TPSA) is 110 Å². The maximum atomic E-state index is 11.6. The van der Waals surface area contributed by atoms with Crippen LogP contribution in [-0.2, 0) is 14.9 Å². The molecule has 1 heterocycles. The molecule has 0 unspecified atom stereocenters. The minimum absolute atomic E-state index is 0.206. The largest absolute Gasteiger partial charge is 0.446 e. The second-order valence-corrected chi connectivity index (χ2v) is 5.62. The molecule has 0 aromatic carbocycles. The van der Waals surface area contributed by atoms with Crippen molar-refractivity contribution in [2.24, 2.45) is 0 Å². The van der Waals surface area contributed by atoms with Gasteiger partial charge in [-0.1, -0.05) is 23.2 Å². The normalized spacial score (nSPS) is 11.2. The molecule has 0 bridgehead atoms. The lowest BCUT2D eigenvalue weighted by Crippen LogP contribution is -2.37. The van der Waals surface area contributed by atoms with E-state index in [2.05, 4.69) is 14.7 Å². The SMILES string of the molecule is CC(C)OC(=O)NS(=O)(=O)Nc1c(Cl)ncnc1Cl. The fraction of sp³-hybridized carbons (Fsp3) is 0.375. The number of anilines is 1. The Morgan fingerprint density at radius 3 is 2.32 bits per heavy atom. The van der Waals surface area contributed by atoms with Crippen LogP contribution >= 0.6 is 23.2 Å². The third-order valence-corrected chi connectivity index (χ3v) is 3.03. The standard InChI is InChI=1S/C8H10Cl2N4O4S/c1-4(2)18-8(15)14-19(16,17)13-5-6(9)11-3-12-7(5)10/h3-4,13H,1-2H3,(H,14,15). The van der Waals surface area contributed by atoms with Gasteiger partial charge in [-0.25, -0.2) is 19.5 Å². The van der Waals surface area contributed by atoms with Crippen molar-refractivity contribution >= 4 is 45.2 Å². The molecule has 1 aromatic heterocycles. The molecule has 8 nitrogen and oxygen atoms in total. The van der Waals surface area contributed by atoms with Gasteiger partial charge in [0, 0.05) is 0 Å². The van der Waals surface area contributed by atoms with Gasteiger partial charge >= 0.3 is 16.3 Å². The molecular formula is C8H10Cl2N4O4S. The van der Waals surface area contributed by atoms with Crippen LogP contribution in [0.3, 0.4) is 0 Å². The number of aromatic nitrogens is 2. The highest BCUT2D eigenvalue weighted by Gasteiger charge is 2.20. The molecule has 11 heteroatoms. The Kier molecular flexibility index (Phi) is 5.15. The number of hydrogen-bond donors (Lipinski definition) is 2. The second kappa shape index (κ2) is 6.22. The number of nitrogens with one attached hydrogen (secondary N) is 2. The molecule has 0 radical (unpaired) electrons. The van der Waals surface area contributed by atoms with E-state index in [0.29, 0.717) is 0 Å². The zero-order chi connectivity index (χ0) is 14.6. The molecule has 0 saturated heterocycles. The van der Waals surface area contributed by atoms with Gasteiger partial charge in [0.15, 0.2) is 10.3 Å². The van der Waals surface area contributed by atoms with Gasteiger partial charge in [-0.15, -0.1) is 0 Å². The molecular weight excluding hydrogens is 319 g/mol. The van der Waals surface area contributed by atoms with Crippen LogP contribution in [0.25, 0.3) is 0 Å². The van der Waals surface area contributed by atoms with Crippen LogP contribution in [0.1, 0.15) is 13.8 Å². The minimum atomic E-state index is -4.25. The van der Waals surface area contributed by atoms with Crippen molar-refractivity contribution in [1.82, 2.24) is 14.7 Å². The zero-order valence-electron chi connectivity index (χ0n) is 9.85. The van der Waals surface area contributed by atoms with Gasteiger partial charge in [0.05, 0.1) is 6.10 Å². The van der Waals surface area contributed by atoms with E-state index in [-0.39, 0.29) is 16.0 Å². The summed E-state index contributed by atoms with van der Waals surface area (Å²) in [5.74, 6) is 0. The van der Waals surface area contributed by atoms with E-state index in [4.69, 9.17) is 23.2 Å². The van der Waals surface area contributed by atoms with Gasteiger partial charge in [0.2, 0.25) is 0 Å². The first kappa shape index (κ1) is 15.7. The van der Waals surface area contributed by atoms with Crippen LogP contribution in [0.15, 0.2) is 6.33 Å². The molecule has 0 aliphatic carbocycles. The number of ether oxygens (including phenoxy) is 1. The van der Waals surface area contributed by atoms with Crippen molar-refractivity contribution in [1.29, 1.82) is 0 Å². The molecule has 0 atom stereocenters. The quantitative estimate of drug-likeness (QED) is 0.812. The lowest BCUT2D eigenvalue weighted by molar-refractivity contribution is 0.121. The number of carbonyl (C=O) groups is 1. The van der Waals surface area contributed by atoms with E-state index >= 15 is 0 Å². The summed E-state index contributed by atoms with van der Waals surface area (Å²) in [6.07, 6.45) is -0.544. The predicted octanol–water partition coefficient (Wildman–Crippen LogP) is 1.57. The van der Waals surface area contributed by atoms with Crippen molar-refractivity contribution in [3.63, 3.8) is 0 Å². The van der Waals surface area contributed by atoms with Gasteiger partial charge < -0.3 is 4.74 Å². The van der Waals surface area contributed by atoms with Gasteiger partial charge in [-0.2, -0.15) is 8.42 Å². The van der Waals surface area contributed by atoms with E-state index in [0.717, 1.165) is 6.33 Å². The smallest absolute Gasteiger partial charge is 0.422 e. The summed E-state index contributed by atoms with van der Waals surface area (Å²) in [6, 6.07) is 0. The minimum Gasteiger partial charge on any atom is -0.446 e. The van der Waals surface area contributed by atoms with Crippen LogP contribution in [0, 0.1) is 0 Å². The number of hydrogen-bond acceptors (Lipinski definition) is 6. The second-order valence-electron chi connectivity index (χ2n) is 3.49. The summed E-state index contributed by atoms with van der Waals surface area (Å²) in [5, 5.41) is -0.412. The molecule has 0 aliphatic rings. The van der Waals surface area contributed by atoms with E-state index in [1.54, 1.807) is 18.6 Å². The number of halogens is 2. The van der Waals surface area contributed by atoms with Crippen LogP contribution in [-0.4, -0.2) is 30.6 Å². The van der Waals surface area contributed by atoms with Crippen molar-refractivity contribution in [2.75, 3.05) is 4.72 Å². The third-order valence-electron chi connectivity index (χ3n) is 1.55. The fourth-order valence-corrected chi connectivity index (χ4v) is 2.24. The molecule has 2 N–H and O–H groups in total. The average Bonchev–Trinajstić information content (AvgIpc) is 2.21. The van der Waals surface area contributed by atoms with Crippen LogP contribution in [0.2, 0.25) is 10.3 Å². The van der Waals surface area contributed by atoms with E-state index in [1.807, 2.05) is 4.72 Å². The van der Waals surface area contributed by atoms with Crippen molar-refractivity contribution < 1.29 is 17.9 Å². The molecule has 0 aliphatic heterocycles. The molecule has 0 saturated carbocycles. The summed E-state index contributed by atoms with van der Waals surface area (Å²) in [7, 11) is -4.25. The Morgan fingerprint density at radius 1 is 1.32 bits per heavy atom. The Balaban J connectivity index is 2.83. The number of amides is 1. The highest BCUT2D eigenvalue weighted by atomic mass is 35.5. The molecule has 1 aromatic rings. The first-order valence-corrected chi connectivity index (χ1v) is 7.12. The Labute approximate surface area is 119 Å². The molecule has 1 rings (SSSR count). The Morgan fingerprint density at radius 2 is 1.84 bits per heavy atom. The highest BCUT2D eigenvalue weighted by Crippen LogP contribution is 2.26. The lowest BCUT2D eigenvalue weighted by Gasteiger charge is -2.12. The number of carbonyl (C=O) groups excluding carboxylic acids is 1. The molecule has 19 heavy (non-hydrogen) atoms. The van der Waals surface area contributed by atoms with Crippen molar-refractivity contribution in [3.05, 3.63) is 16.6 Å². The summed E-state index contributed by atoms with van der Waals surface area (Å²) in [4.78, 5) is 18.3. The average molecular weight is 329 g/mol. The first-order valence-electron chi connectivity index (χ1n) is 4.88. The van der Waals surface area contributed by atoms with Gasteiger partial charge in [-0.3, -0.25) is 4.72 Å². The monoisotopic (exact) mass is 328 g/mol. The summed E-state index contributed by atoms with van der Waals surface area (Å²) in [6.45, 7) is 3.14. The van der Waals surface area contributed by atoms with Crippen LogP contribution in [0.4, 0.5) is 10.5 Å². The maximum absolute atomic E-state index is 11.6. The maximum Gasteiger partial charge on any atom is 0.422 e. The first-order chi connectivity index (χ1) is 8.71. The van der Waals surface area contributed by atoms with E-state index in [1.165, 1.54) is 0 Å². The molecule has 1 amide bonds. The summed E-state index contributed by atoms with van der Waals surface area (Å²) in [5.41, 5.74) is -0.240. The third kappa shape index (κ3) is 5.05. The number of nitrogens with zero attached hydrogens (tertiary/aromatic N) is 2. The Hall–Kier alpha value is -1.32. The van der Waals surface area contributed by atoms with Gasteiger partial charge in [0.25, 0.3) is 0 Å². The molecule has 0 spiro atoms. The van der Waals surface area contributed by atoms with Crippen LogP contribution in [0.5, 0.6) is 0 Å². The van der Waals surface area contributed by atoms with E-state index in [9.17, 15) is 13.2 Å². The van der Waals surface area contributed by atoms with Crippen LogP contribution < -0.4 is 9.44 Å². The fourth-order valence-electron chi connectivity index (χ4n) is 0.936. The van der Waals surface area contributed by atoms with Crippen molar-refractivity contribution in [2.45, 2.75) is 20.0 Å².